The van der Waals surface area contributed by atoms with Crippen molar-refractivity contribution in [1.82, 2.24) is 0 Å². The van der Waals surface area contributed by atoms with Crippen LogP contribution in [0.15, 0.2) is 12.2 Å². The van der Waals surface area contributed by atoms with Gasteiger partial charge in [-0.2, -0.15) is 0 Å². The van der Waals surface area contributed by atoms with Crippen LogP contribution < -0.4 is 0 Å². The van der Waals surface area contributed by atoms with Crippen molar-refractivity contribution in [3.8, 4) is 0 Å². The predicted octanol–water partition coefficient (Wildman–Crippen LogP) is 1.30. The highest BCUT2D eigenvalue weighted by Crippen LogP contribution is 2.36. The van der Waals surface area contributed by atoms with Gasteiger partial charge >= 0.3 is 0 Å². The SMILES string of the molecule is COC1C=CC(OC)(C(O)C(C)(C)C)O1. The van der Waals surface area contributed by atoms with Gasteiger partial charge in [0.15, 0.2) is 6.29 Å². The molecule has 1 aliphatic rings. The summed E-state index contributed by atoms with van der Waals surface area (Å²) in [6.45, 7) is 5.78. The standard InChI is InChI=1S/C11H20O4/c1-10(2,3)9(12)11(14-5)7-6-8(13-4)15-11/h6-9,12H,1-5H3. The molecular formula is C11H20O4. The first kappa shape index (κ1) is 12.6. The van der Waals surface area contributed by atoms with Gasteiger partial charge in [-0.3, -0.25) is 0 Å². The largest absolute Gasteiger partial charge is 0.387 e. The second-order valence-electron chi connectivity index (χ2n) is 4.78. The Balaban J connectivity index is 2.85. The zero-order chi connectivity index (χ0) is 11.7. The highest BCUT2D eigenvalue weighted by molar-refractivity contribution is 5.10. The van der Waals surface area contributed by atoms with Crippen molar-refractivity contribution < 1.29 is 19.3 Å². The quantitative estimate of drug-likeness (QED) is 0.722. The van der Waals surface area contributed by atoms with Crippen molar-refractivity contribution in [3.63, 3.8) is 0 Å². The van der Waals surface area contributed by atoms with Crippen LogP contribution in [0.4, 0.5) is 0 Å². The molecule has 1 rings (SSSR count). The van der Waals surface area contributed by atoms with Crippen LogP contribution in [0.2, 0.25) is 0 Å². The van der Waals surface area contributed by atoms with Gasteiger partial charge in [-0.15, -0.1) is 0 Å². The van der Waals surface area contributed by atoms with Crippen LogP contribution in [-0.2, 0) is 14.2 Å². The smallest absolute Gasteiger partial charge is 0.217 e. The van der Waals surface area contributed by atoms with E-state index in [1.54, 1.807) is 19.3 Å². The van der Waals surface area contributed by atoms with Gasteiger partial charge in [-0.05, 0) is 17.6 Å². The summed E-state index contributed by atoms with van der Waals surface area (Å²) in [5.41, 5.74) is -0.330. The van der Waals surface area contributed by atoms with E-state index < -0.39 is 18.2 Å². The Bertz CT molecular complexity index is 243. The lowest BCUT2D eigenvalue weighted by molar-refractivity contribution is -0.293. The third-order valence-electron chi connectivity index (χ3n) is 2.54. The first-order chi connectivity index (χ1) is 6.85. The Morgan fingerprint density at radius 1 is 1.40 bits per heavy atom. The summed E-state index contributed by atoms with van der Waals surface area (Å²) in [6, 6.07) is 0. The van der Waals surface area contributed by atoms with E-state index in [9.17, 15) is 5.11 Å². The predicted molar refractivity (Wildman–Crippen MR) is 56.2 cm³/mol. The normalized spacial score (nSPS) is 33.3. The number of rotatable bonds is 3. The van der Waals surface area contributed by atoms with E-state index >= 15 is 0 Å². The first-order valence-electron chi connectivity index (χ1n) is 4.99. The molecule has 0 fully saturated rings. The van der Waals surface area contributed by atoms with Crippen LogP contribution in [0.3, 0.4) is 0 Å². The van der Waals surface area contributed by atoms with Gasteiger partial charge in [0.1, 0.15) is 6.10 Å². The molecule has 0 bridgehead atoms. The molecule has 4 nitrogen and oxygen atoms in total. The fourth-order valence-corrected chi connectivity index (χ4v) is 1.59. The lowest BCUT2D eigenvalue weighted by Gasteiger charge is -2.38. The van der Waals surface area contributed by atoms with Crippen molar-refractivity contribution in [1.29, 1.82) is 0 Å². The van der Waals surface area contributed by atoms with Crippen molar-refractivity contribution in [2.24, 2.45) is 5.41 Å². The fraction of sp³-hybridized carbons (Fsp3) is 0.818. The Hall–Kier alpha value is -0.420. The lowest BCUT2D eigenvalue weighted by Crippen LogP contribution is -2.50. The molecule has 0 aromatic heterocycles. The maximum absolute atomic E-state index is 10.2. The molecule has 3 unspecified atom stereocenters. The summed E-state index contributed by atoms with van der Waals surface area (Å²) in [4.78, 5) is 0. The van der Waals surface area contributed by atoms with Crippen molar-refractivity contribution in [3.05, 3.63) is 12.2 Å². The number of ether oxygens (including phenoxy) is 3. The van der Waals surface area contributed by atoms with E-state index in [0.717, 1.165) is 0 Å². The fourth-order valence-electron chi connectivity index (χ4n) is 1.59. The first-order valence-corrected chi connectivity index (χ1v) is 4.99. The summed E-state index contributed by atoms with van der Waals surface area (Å²) in [5.74, 6) is -1.10. The van der Waals surface area contributed by atoms with Gasteiger partial charge in [0, 0.05) is 14.2 Å². The van der Waals surface area contributed by atoms with Crippen LogP contribution in [0, 0.1) is 5.41 Å². The van der Waals surface area contributed by atoms with E-state index in [4.69, 9.17) is 14.2 Å². The molecule has 4 heteroatoms. The van der Waals surface area contributed by atoms with Crippen LogP contribution >= 0.6 is 0 Å². The van der Waals surface area contributed by atoms with Gasteiger partial charge in [0.05, 0.1) is 0 Å². The number of methoxy groups -OCH3 is 2. The third kappa shape index (κ3) is 2.39. The number of hydrogen-bond acceptors (Lipinski definition) is 4. The zero-order valence-corrected chi connectivity index (χ0v) is 9.98. The van der Waals surface area contributed by atoms with Crippen LogP contribution in [0.1, 0.15) is 20.8 Å². The molecule has 0 amide bonds. The molecule has 0 aromatic carbocycles. The minimum absolute atomic E-state index is 0.330. The monoisotopic (exact) mass is 216 g/mol. The Morgan fingerprint density at radius 3 is 2.33 bits per heavy atom. The average molecular weight is 216 g/mol. The van der Waals surface area contributed by atoms with E-state index in [1.165, 1.54) is 7.11 Å². The summed E-state index contributed by atoms with van der Waals surface area (Å²) >= 11 is 0. The molecule has 1 heterocycles. The summed E-state index contributed by atoms with van der Waals surface area (Å²) in [6.07, 6.45) is 2.23. The number of aliphatic hydroxyl groups is 1. The summed E-state index contributed by atoms with van der Waals surface area (Å²) in [5, 5.41) is 10.2. The molecule has 0 radical (unpaired) electrons. The molecular weight excluding hydrogens is 196 g/mol. The van der Waals surface area contributed by atoms with E-state index in [1.807, 2.05) is 20.8 Å². The highest BCUT2D eigenvalue weighted by atomic mass is 16.8. The second kappa shape index (κ2) is 4.22. The van der Waals surface area contributed by atoms with Crippen LogP contribution in [-0.4, -0.2) is 37.5 Å². The molecule has 1 aliphatic heterocycles. The molecule has 15 heavy (non-hydrogen) atoms. The number of hydrogen-bond donors (Lipinski definition) is 1. The van der Waals surface area contributed by atoms with E-state index in [-0.39, 0.29) is 5.41 Å². The maximum atomic E-state index is 10.2. The Morgan fingerprint density at radius 2 is 2.00 bits per heavy atom. The topological polar surface area (TPSA) is 47.9 Å². The molecule has 0 saturated heterocycles. The van der Waals surface area contributed by atoms with E-state index in [2.05, 4.69) is 0 Å². The molecule has 3 atom stereocenters. The highest BCUT2D eigenvalue weighted by Gasteiger charge is 2.47. The second-order valence-corrected chi connectivity index (χ2v) is 4.78. The molecule has 0 saturated carbocycles. The third-order valence-corrected chi connectivity index (χ3v) is 2.54. The van der Waals surface area contributed by atoms with Crippen LogP contribution in [0.25, 0.3) is 0 Å². The van der Waals surface area contributed by atoms with Crippen molar-refractivity contribution in [2.75, 3.05) is 14.2 Å². The lowest BCUT2D eigenvalue weighted by atomic mass is 9.84. The maximum Gasteiger partial charge on any atom is 0.217 e. The van der Waals surface area contributed by atoms with Crippen molar-refractivity contribution in [2.45, 2.75) is 39.0 Å². The van der Waals surface area contributed by atoms with Crippen molar-refractivity contribution >= 4 is 0 Å². The molecule has 0 aliphatic carbocycles. The Labute approximate surface area is 90.8 Å². The Kier molecular flexibility index (Phi) is 3.55. The minimum atomic E-state index is -1.10. The number of aliphatic hydroxyl groups excluding tert-OH is 1. The van der Waals surface area contributed by atoms with Gasteiger partial charge in [0.25, 0.3) is 0 Å². The minimum Gasteiger partial charge on any atom is -0.387 e. The van der Waals surface area contributed by atoms with Gasteiger partial charge in [0.2, 0.25) is 5.79 Å². The zero-order valence-electron chi connectivity index (χ0n) is 9.98. The molecule has 1 N–H and O–H groups in total. The van der Waals surface area contributed by atoms with Gasteiger partial charge in [-0.1, -0.05) is 20.8 Å². The average Bonchev–Trinajstić information content (AvgIpc) is 2.60. The van der Waals surface area contributed by atoms with Gasteiger partial charge < -0.3 is 19.3 Å². The molecule has 0 aromatic rings. The summed E-state index contributed by atoms with van der Waals surface area (Å²) < 4.78 is 15.8. The molecule has 88 valence electrons. The van der Waals surface area contributed by atoms with Crippen LogP contribution in [0.5, 0.6) is 0 Å². The van der Waals surface area contributed by atoms with Gasteiger partial charge in [-0.25, -0.2) is 0 Å². The molecule has 0 spiro atoms. The summed E-state index contributed by atoms with van der Waals surface area (Å²) in [7, 11) is 3.06. The van der Waals surface area contributed by atoms with E-state index in [0.29, 0.717) is 0 Å².